The number of carbonyl (C=O) groups excluding carboxylic acids is 1. The monoisotopic (exact) mass is 581 g/mol. The molecule has 0 aliphatic carbocycles. The van der Waals surface area contributed by atoms with Gasteiger partial charge in [-0.1, -0.05) is 22.9 Å². The number of pyridine rings is 1. The van der Waals surface area contributed by atoms with E-state index < -0.39 is 29.7 Å². The van der Waals surface area contributed by atoms with Crippen LogP contribution in [0.1, 0.15) is 63.7 Å². The highest BCUT2D eigenvalue weighted by Crippen LogP contribution is 2.45. The molecule has 3 unspecified atom stereocenters. The van der Waals surface area contributed by atoms with Gasteiger partial charge >= 0.3 is 0 Å². The highest BCUT2D eigenvalue weighted by atomic mass is 79.9. The first-order valence-electron chi connectivity index (χ1n) is 12.2. The van der Waals surface area contributed by atoms with Crippen molar-refractivity contribution in [3.8, 4) is 0 Å². The van der Waals surface area contributed by atoms with E-state index in [4.69, 9.17) is 19.0 Å². The quantitative estimate of drug-likeness (QED) is 0.431. The Hall–Kier alpha value is -2.31. The molecule has 1 saturated heterocycles. The average molecular weight is 582 g/mol. The van der Waals surface area contributed by atoms with Crippen molar-refractivity contribution in [1.82, 2.24) is 10.0 Å². The van der Waals surface area contributed by atoms with Crippen LogP contribution in [0.5, 0.6) is 0 Å². The Bertz CT molecular complexity index is 1240. The SMILES string of the molecule is CC(CONC(=O)c1c(Nc2ccc(Br)cc2F)cc(=O)n2c1C1OC(C)(C)OC1C2)COC(C)(C)C. The largest absolute Gasteiger partial charge is 0.375 e. The van der Waals surface area contributed by atoms with Crippen LogP contribution in [0.2, 0.25) is 0 Å². The van der Waals surface area contributed by atoms with Crippen LogP contribution in [0, 0.1) is 11.7 Å². The minimum atomic E-state index is -0.884. The standard InChI is InChI=1S/C26H33BrFN3O6/c1-14(12-34-25(2,3)4)13-35-30-24(33)21-18(29-17-8-7-15(27)9-16(17)28)10-20(32)31-11-19-23(22(21)31)37-26(5,6)36-19/h7-10,14,19,23,29H,11-13H2,1-6H3,(H,30,33). The zero-order valence-corrected chi connectivity index (χ0v) is 23.4. The van der Waals surface area contributed by atoms with Gasteiger partial charge in [-0.25, -0.2) is 9.87 Å². The van der Waals surface area contributed by atoms with Crippen LogP contribution in [-0.2, 0) is 25.6 Å². The van der Waals surface area contributed by atoms with Crippen LogP contribution in [0.4, 0.5) is 15.8 Å². The molecule has 37 heavy (non-hydrogen) atoms. The van der Waals surface area contributed by atoms with Crippen molar-refractivity contribution in [2.45, 2.75) is 71.7 Å². The molecule has 0 radical (unpaired) electrons. The van der Waals surface area contributed by atoms with Gasteiger partial charge in [-0.05, 0) is 52.8 Å². The molecule has 202 valence electrons. The van der Waals surface area contributed by atoms with E-state index in [0.717, 1.165) is 0 Å². The third-order valence-corrected chi connectivity index (χ3v) is 6.42. The maximum absolute atomic E-state index is 14.7. The number of ether oxygens (including phenoxy) is 3. The third-order valence-electron chi connectivity index (χ3n) is 5.93. The molecule has 4 rings (SSSR count). The van der Waals surface area contributed by atoms with Crippen molar-refractivity contribution >= 4 is 33.2 Å². The lowest BCUT2D eigenvalue weighted by atomic mass is 10.1. The summed E-state index contributed by atoms with van der Waals surface area (Å²) in [6.07, 6.45) is -1.09. The van der Waals surface area contributed by atoms with Crippen LogP contribution in [0.25, 0.3) is 0 Å². The van der Waals surface area contributed by atoms with Gasteiger partial charge in [0.2, 0.25) is 0 Å². The van der Waals surface area contributed by atoms with Gasteiger partial charge in [0.25, 0.3) is 11.5 Å². The molecule has 2 aliphatic rings. The molecule has 2 aromatic rings. The smallest absolute Gasteiger partial charge is 0.278 e. The molecule has 0 saturated carbocycles. The predicted molar refractivity (Wildman–Crippen MR) is 139 cm³/mol. The Balaban J connectivity index is 1.63. The van der Waals surface area contributed by atoms with Gasteiger partial charge in [-0.3, -0.25) is 14.4 Å². The number of hydrogen-bond donors (Lipinski definition) is 2. The fraction of sp³-hybridized carbons (Fsp3) is 0.538. The summed E-state index contributed by atoms with van der Waals surface area (Å²) >= 11 is 3.23. The zero-order chi connectivity index (χ0) is 27.1. The van der Waals surface area contributed by atoms with E-state index >= 15 is 0 Å². The van der Waals surface area contributed by atoms with Crippen molar-refractivity contribution in [3.63, 3.8) is 0 Å². The number of halogens is 2. The Kier molecular flexibility index (Phi) is 7.83. The van der Waals surface area contributed by atoms with Gasteiger partial charge in [0.05, 0.1) is 48.0 Å². The van der Waals surface area contributed by atoms with Crippen LogP contribution in [-0.4, -0.2) is 41.2 Å². The summed E-state index contributed by atoms with van der Waals surface area (Å²) in [4.78, 5) is 32.0. The van der Waals surface area contributed by atoms with Crippen molar-refractivity contribution in [2.24, 2.45) is 5.92 Å². The highest BCUT2D eigenvalue weighted by Gasteiger charge is 2.49. The molecule has 9 nitrogen and oxygen atoms in total. The number of rotatable bonds is 8. The summed E-state index contributed by atoms with van der Waals surface area (Å²) in [6, 6.07) is 5.73. The van der Waals surface area contributed by atoms with E-state index in [0.29, 0.717) is 16.8 Å². The van der Waals surface area contributed by atoms with Crippen molar-refractivity contribution in [1.29, 1.82) is 0 Å². The molecule has 0 spiro atoms. The Labute approximate surface area is 223 Å². The second kappa shape index (κ2) is 10.5. The molecule has 1 fully saturated rings. The highest BCUT2D eigenvalue weighted by molar-refractivity contribution is 9.10. The first kappa shape index (κ1) is 27.7. The second-order valence-electron chi connectivity index (χ2n) is 10.9. The number of carbonyl (C=O) groups is 1. The molecule has 11 heteroatoms. The number of amides is 1. The van der Waals surface area contributed by atoms with E-state index in [1.165, 1.54) is 22.8 Å². The topological polar surface area (TPSA) is 100 Å². The first-order valence-corrected chi connectivity index (χ1v) is 12.9. The van der Waals surface area contributed by atoms with Gasteiger partial charge in [0.15, 0.2) is 5.79 Å². The van der Waals surface area contributed by atoms with Crippen molar-refractivity contribution in [3.05, 3.63) is 56.2 Å². The minimum Gasteiger partial charge on any atom is -0.375 e. The summed E-state index contributed by atoms with van der Waals surface area (Å²) in [5.41, 5.74) is 2.55. The third kappa shape index (κ3) is 6.40. The second-order valence-corrected chi connectivity index (χ2v) is 11.8. The summed E-state index contributed by atoms with van der Waals surface area (Å²) in [5, 5.41) is 2.91. The molecule has 1 aromatic heterocycles. The number of benzene rings is 1. The fourth-order valence-corrected chi connectivity index (χ4v) is 4.68. The first-order chi connectivity index (χ1) is 17.2. The van der Waals surface area contributed by atoms with Gasteiger partial charge in [0, 0.05) is 16.5 Å². The molecule has 1 aromatic carbocycles. The lowest BCUT2D eigenvalue weighted by molar-refractivity contribution is -0.151. The number of anilines is 2. The lowest BCUT2D eigenvalue weighted by Gasteiger charge is -2.23. The molecular formula is C26H33BrFN3O6. The van der Waals surface area contributed by atoms with Gasteiger partial charge in [-0.15, -0.1) is 0 Å². The van der Waals surface area contributed by atoms with Gasteiger partial charge in [0.1, 0.15) is 18.0 Å². The van der Waals surface area contributed by atoms with Crippen LogP contribution >= 0.6 is 15.9 Å². The van der Waals surface area contributed by atoms with Crippen LogP contribution < -0.4 is 16.4 Å². The molecular weight excluding hydrogens is 549 g/mol. The Morgan fingerprint density at radius 2 is 1.97 bits per heavy atom. The van der Waals surface area contributed by atoms with Crippen LogP contribution in [0.3, 0.4) is 0 Å². The number of aromatic nitrogens is 1. The van der Waals surface area contributed by atoms with Gasteiger partial charge in [-0.2, -0.15) is 0 Å². The number of nitrogens with one attached hydrogen (secondary N) is 2. The summed E-state index contributed by atoms with van der Waals surface area (Å²) in [6.45, 7) is 12.3. The average Bonchev–Trinajstić information content (AvgIpc) is 3.26. The van der Waals surface area contributed by atoms with Crippen molar-refractivity contribution in [2.75, 3.05) is 18.5 Å². The predicted octanol–water partition coefficient (Wildman–Crippen LogP) is 4.81. The molecule has 3 heterocycles. The van der Waals surface area contributed by atoms with E-state index in [1.807, 2.05) is 27.7 Å². The molecule has 3 atom stereocenters. The Morgan fingerprint density at radius 3 is 2.65 bits per heavy atom. The maximum atomic E-state index is 14.7. The molecule has 0 bridgehead atoms. The maximum Gasteiger partial charge on any atom is 0.278 e. The van der Waals surface area contributed by atoms with Crippen LogP contribution in [0.15, 0.2) is 33.5 Å². The van der Waals surface area contributed by atoms with E-state index in [2.05, 4.69) is 26.7 Å². The van der Waals surface area contributed by atoms with E-state index in [-0.39, 0.29) is 47.2 Å². The summed E-state index contributed by atoms with van der Waals surface area (Å²) in [7, 11) is 0. The van der Waals surface area contributed by atoms with E-state index in [9.17, 15) is 14.0 Å². The number of hydrogen-bond acceptors (Lipinski definition) is 7. The number of nitrogens with zero attached hydrogens (tertiary/aromatic N) is 1. The number of hydroxylamine groups is 1. The minimum absolute atomic E-state index is 0.00911. The summed E-state index contributed by atoms with van der Waals surface area (Å²) in [5.74, 6) is -2.02. The van der Waals surface area contributed by atoms with Crippen molar-refractivity contribution < 1.29 is 28.2 Å². The Morgan fingerprint density at radius 1 is 1.24 bits per heavy atom. The molecule has 2 N–H and O–H groups in total. The fourth-order valence-electron chi connectivity index (χ4n) is 4.34. The lowest BCUT2D eigenvalue weighted by Crippen LogP contribution is -2.33. The molecule has 1 amide bonds. The normalized spacial score (nSPS) is 20.9. The molecule has 2 aliphatic heterocycles. The van der Waals surface area contributed by atoms with E-state index in [1.54, 1.807) is 19.9 Å². The summed E-state index contributed by atoms with van der Waals surface area (Å²) < 4.78 is 34.5. The number of fused-ring (bicyclic) bond motifs is 3. The zero-order valence-electron chi connectivity index (χ0n) is 21.8. The van der Waals surface area contributed by atoms with Gasteiger partial charge < -0.3 is 24.1 Å².